The molecule has 4 rings (SSSR count). The maximum Gasteiger partial charge on any atom is 0.434 e. The number of thiophene rings is 1. The Morgan fingerprint density at radius 3 is 2.26 bits per heavy atom. The molecular formula is C22H22F6N2O3S. The number of alkyl halides is 6. The fourth-order valence-electron chi connectivity index (χ4n) is 4.75. The van der Waals surface area contributed by atoms with E-state index in [0.29, 0.717) is 17.8 Å². The number of piperidine rings is 1. The molecule has 2 aliphatic rings. The SMILES string of the molecule is Cc1ccc2cc(C(=O)N3CCCC34CCN(C(=O)OC(C(F)(F)F)C(F)(F)F)CC4)sc2c1. The molecule has 2 fully saturated rings. The van der Waals surface area contributed by atoms with E-state index >= 15 is 0 Å². The van der Waals surface area contributed by atoms with Crippen molar-refractivity contribution in [1.82, 2.24) is 9.80 Å². The number of likely N-dealkylation sites (tertiary alicyclic amines) is 2. The van der Waals surface area contributed by atoms with Crippen LogP contribution in [-0.4, -0.2) is 65.4 Å². The smallest absolute Gasteiger partial charge is 0.426 e. The fourth-order valence-corrected chi connectivity index (χ4v) is 5.86. The van der Waals surface area contributed by atoms with Gasteiger partial charge in [0, 0.05) is 29.9 Å². The number of fused-ring (bicyclic) bond motifs is 1. The molecular weight excluding hydrogens is 486 g/mol. The van der Waals surface area contributed by atoms with Crippen LogP contribution in [0.25, 0.3) is 10.1 Å². The average molecular weight is 508 g/mol. The number of nitrogens with zero attached hydrogens (tertiary/aromatic N) is 2. The van der Waals surface area contributed by atoms with E-state index < -0.39 is 30.1 Å². The highest BCUT2D eigenvalue weighted by atomic mass is 32.1. The van der Waals surface area contributed by atoms with E-state index in [9.17, 15) is 35.9 Å². The molecule has 0 radical (unpaired) electrons. The minimum atomic E-state index is -5.76. The molecule has 2 amide bonds. The van der Waals surface area contributed by atoms with Gasteiger partial charge in [-0.15, -0.1) is 11.3 Å². The topological polar surface area (TPSA) is 49.9 Å². The van der Waals surface area contributed by atoms with E-state index in [2.05, 4.69) is 4.74 Å². The largest absolute Gasteiger partial charge is 0.434 e. The zero-order valence-corrected chi connectivity index (χ0v) is 18.9. The molecule has 0 bridgehead atoms. The molecule has 1 aromatic heterocycles. The summed E-state index contributed by atoms with van der Waals surface area (Å²) in [6.45, 7) is 2.26. The number of ether oxygens (including phenoxy) is 1. The molecule has 5 nitrogen and oxygen atoms in total. The Hall–Kier alpha value is -2.50. The van der Waals surface area contributed by atoms with Gasteiger partial charge in [0.15, 0.2) is 0 Å². The maximum absolute atomic E-state index is 13.3. The second-order valence-electron chi connectivity index (χ2n) is 8.77. The third kappa shape index (κ3) is 4.69. The van der Waals surface area contributed by atoms with Crippen molar-refractivity contribution in [3.8, 4) is 0 Å². The van der Waals surface area contributed by atoms with Gasteiger partial charge < -0.3 is 14.5 Å². The van der Waals surface area contributed by atoms with Gasteiger partial charge in [-0.05, 0) is 55.7 Å². The predicted octanol–water partition coefficient (Wildman–Crippen LogP) is 5.91. The Morgan fingerprint density at radius 1 is 1.00 bits per heavy atom. The summed E-state index contributed by atoms with van der Waals surface area (Å²) in [6, 6.07) is 7.72. The number of amides is 2. The highest BCUT2D eigenvalue weighted by Crippen LogP contribution is 2.41. The Bertz CT molecular complexity index is 1070. The van der Waals surface area contributed by atoms with E-state index in [1.54, 1.807) is 4.90 Å². The van der Waals surface area contributed by atoms with Crippen molar-refractivity contribution in [2.45, 2.75) is 56.6 Å². The van der Waals surface area contributed by atoms with Crippen molar-refractivity contribution < 1.29 is 40.7 Å². The van der Waals surface area contributed by atoms with Crippen molar-refractivity contribution in [2.24, 2.45) is 0 Å². The molecule has 34 heavy (non-hydrogen) atoms. The normalized spacial score (nSPS) is 18.8. The standard InChI is InChI=1S/C22H22F6N2O3S/c1-13-3-4-14-12-16(34-15(14)11-13)17(31)30-8-2-5-20(30)6-9-29(10-7-20)19(32)33-18(21(23,24)25)22(26,27)28/h3-4,11-12,18H,2,5-10H2,1H3. The molecule has 0 aliphatic carbocycles. The third-order valence-electron chi connectivity index (χ3n) is 6.49. The molecule has 186 valence electrons. The van der Waals surface area contributed by atoms with Crippen molar-refractivity contribution in [2.75, 3.05) is 19.6 Å². The molecule has 1 spiro atoms. The Kier molecular flexibility index (Phi) is 6.24. The lowest BCUT2D eigenvalue weighted by Crippen LogP contribution is -2.56. The van der Waals surface area contributed by atoms with Crippen LogP contribution in [0.5, 0.6) is 0 Å². The molecule has 12 heteroatoms. The second kappa shape index (κ2) is 8.62. The van der Waals surface area contributed by atoms with Crippen molar-refractivity contribution in [3.63, 3.8) is 0 Å². The molecule has 2 aliphatic heterocycles. The van der Waals surface area contributed by atoms with Crippen LogP contribution in [0, 0.1) is 6.92 Å². The van der Waals surface area contributed by atoms with Crippen LogP contribution >= 0.6 is 11.3 Å². The Balaban J connectivity index is 1.45. The van der Waals surface area contributed by atoms with Crippen LogP contribution in [0.2, 0.25) is 0 Å². The Morgan fingerprint density at radius 2 is 1.65 bits per heavy atom. The lowest BCUT2D eigenvalue weighted by atomic mass is 9.85. The molecule has 3 heterocycles. The molecule has 0 unspecified atom stereocenters. The van der Waals surface area contributed by atoms with Gasteiger partial charge in [-0.3, -0.25) is 4.79 Å². The van der Waals surface area contributed by atoms with Gasteiger partial charge in [0.2, 0.25) is 0 Å². The average Bonchev–Trinajstić information content (AvgIpc) is 3.34. The minimum Gasteiger partial charge on any atom is -0.426 e. The quantitative estimate of drug-likeness (QED) is 0.474. The van der Waals surface area contributed by atoms with Crippen molar-refractivity contribution >= 4 is 33.4 Å². The van der Waals surface area contributed by atoms with Gasteiger partial charge in [-0.25, -0.2) is 4.79 Å². The van der Waals surface area contributed by atoms with Gasteiger partial charge in [-0.1, -0.05) is 12.1 Å². The summed E-state index contributed by atoms with van der Waals surface area (Å²) in [6.07, 6.45) is -15.5. The number of hydrogen-bond acceptors (Lipinski definition) is 4. The van der Waals surface area contributed by atoms with Crippen molar-refractivity contribution in [1.29, 1.82) is 0 Å². The summed E-state index contributed by atoms with van der Waals surface area (Å²) in [5.41, 5.74) is 0.483. The minimum absolute atomic E-state index is 0.101. The van der Waals surface area contributed by atoms with Gasteiger partial charge in [-0.2, -0.15) is 26.3 Å². The fraction of sp³-hybridized carbons (Fsp3) is 0.545. The number of rotatable bonds is 2. The number of halogens is 6. The molecule has 2 aromatic rings. The predicted molar refractivity (Wildman–Crippen MR) is 113 cm³/mol. The number of carbonyl (C=O) groups is 2. The van der Waals surface area contributed by atoms with E-state index in [-0.39, 0.29) is 31.8 Å². The van der Waals surface area contributed by atoms with Crippen LogP contribution in [0.1, 0.15) is 40.9 Å². The number of benzene rings is 1. The summed E-state index contributed by atoms with van der Waals surface area (Å²) in [4.78, 5) is 28.6. The third-order valence-corrected chi connectivity index (χ3v) is 7.58. The first-order valence-corrected chi connectivity index (χ1v) is 11.5. The van der Waals surface area contributed by atoms with E-state index in [1.807, 2.05) is 31.2 Å². The van der Waals surface area contributed by atoms with E-state index in [1.165, 1.54) is 11.3 Å². The first kappa shape index (κ1) is 24.6. The monoisotopic (exact) mass is 508 g/mol. The summed E-state index contributed by atoms with van der Waals surface area (Å²) in [5, 5.41) is 0.952. The van der Waals surface area contributed by atoms with Gasteiger partial charge >= 0.3 is 18.4 Å². The van der Waals surface area contributed by atoms with Crippen molar-refractivity contribution in [3.05, 3.63) is 34.7 Å². The van der Waals surface area contributed by atoms with Gasteiger partial charge in [0.25, 0.3) is 12.0 Å². The van der Waals surface area contributed by atoms with Crippen LogP contribution in [0.4, 0.5) is 31.1 Å². The molecule has 1 aromatic carbocycles. The number of carbonyl (C=O) groups excluding carboxylic acids is 2. The van der Waals surface area contributed by atoms with Crippen LogP contribution in [0.3, 0.4) is 0 Å². The summed E-state index contributed by atoms with van der Waals surface area (Å²) < 4.78 is 81.2. The number of hydrogen-bond donors (Lipinski definition) is 0. The summed E-state index contributed by atoms with van der Waals surface area (Å²) >= 11 is 1.38. The molecule has 0 atom stereocenters. The number of aryl methyl sites for hydroxylation is 1. The first-order chi connectivity index (χ1) is 15.8. The highest BCUT2D eigenvalue weighted by molar-refractivity contribution is 7.20. The van der Waals surface area contributed by atoms with E-state index in [0.717, 1.165) is 27.0 Å². The molecule has 2 saturated heterocycles. The van der Waals surface area contributed by atoms with Crippen LogP contribution in [0.15, 0.2) is 24.3 Å². The highest BCUT2D eigenvalue weighted by Gasteiger charge is 2.60. The maximum atomic E-state index is 13.3. The molecule has 0 saturated carbocycles. The second-order valence-corrected chi connectivity index (χ2v) is 9.85. The molecule has 0 N–H and O–H groups in total. The van der Waals surface area contributed by atoms with Gasteiger partial charge in [0.1, 0.15) is 0 Å². The lowest BCUT2D eigenvalue weighted by molar-refractivity contribution is -0.308. The summed E-state index contributed by atoms with van der Waals surface area (Å²) in [7, 11) is 0. The van der Waals surface area contributed by atoms with Crippen LogP contribution < -0.4 is 0 Å². The zero-order chi connectivity index (χ0) is 24.9. The lowest BCUT2D eigenvalue weighted by Gasteiger charge is -2.44. The Labute approximate surface area is 195 Å². The van der Waals surface area contributed by atoms with Crippen LogP contribution in [-0.2, 0) is 4.74 Å². The van der Waals surface area contributed by atoms with E-state index in [4.69, 9.17) is 0 Å². The first-order valence-electron chi connectivity index (χ1n) is 10.7. The zero-order valence-electron chi connectivity index (χ0n) is 18.1. The summed E-state index contributed by atoms with van der Waals surface area (Å²) in [5.74, 6) is -0.151. The van der Waals surface area contributed by atoms with Gasteiger partial charge in [0.05, 0.1) is 4.88 Å².